The van der Waals surface area contributed by atoms with Gasteiger partial charge in [0, 0.05) is 39.3 Å². The molecule has 1 atom stereocenters. The van der Waals surface area contributed by atoms with Crippen LogP contribution in [0.4, 0.5) is 11.5 Å². The third-order valence-electron chi connectivity index (χ3n) is 6.02. The fourth-order valence-electron chi connectivity index (χ4n) is 4.27. The number of hydrogen-bond donors (Lipinski definition) is 0. The van der Waals surface area contributed by atoms with Crippen molar-refractivity contribution in [1.82, 2.24) is 14.5 Å². The molecule has 1 aromatic carbocycles. The van der Waals surface area contributed by atoms with Gasteiger partial charge in [-0.2, -0.15) is 10.5 Å². The summed E-state index contributed by atoms with van der Waals surface area (Å²) in [7, 11) is 1.61. The molecule has 0 bridgehead atoms. The summed E-state index contributed by atoms with van der Waals surface area (Å²) in [6, 6.07) is 15.3. The van der Waals surface area contributed by atoms with Gasteiger partial charge in [0.2, 0.25) is 5.52 Å². The van der Waals surface area contributed by atoms with Gasteiger partial charge in [0.15, 0.2) is 0 Å². The summed E-state index contributed by atoms with van der Waals surface area (Å²) >= 11 is 0. The van der Waals surface area contributed by atoms with Crippen molar-refractivity contribution in [2.24, 2.45) is 7.05 Å². The van der Waals surface area contributed by atoms with E-state index in [1.165, 1.54) is 4.57 Å². The lowest BCUT2D eigenvalue weighted by Crippen LogP contribution is -2.52. The van der Waals surface area contributed by atoms with Crippen molar-refractivity contribution in [1.29, 1.82) is 10.5 Å². The monoisotopic (exact) mass is 423 g/mol. The summed E-state index contributed by atoms with van der Waals surface area (Å²) in [6.07, 6.45) is 0. The van der Waals surface area contributed by atoms with Crippen LogP contribution in [0.1, 0.15) is 23.6 Å². The Hall–Kier alpha value is -4.19. The molecule has 4 rings (SSSR count). The average molecular weight is 423 g/mol. The Balaban J connectivity index is 1.71. The van der Waals surface area contributed by atoms with E-state index < -0.39 is 0 Å². The largest absolute Gasteiger partial charge is 0.364 e. The van der Waals surface area contributed by atoms with Gasteiger partial charge < -0.3 is 14.3 Å². The highest BCUT2D eigenvalue weighted by molar-refractivity contribution is 5.92. The van der Waals surface area contributed by atoms with Crippen LogP contribution in [0.25, 0.3) is 15.9 Å². The van der Waals surface area contributed by atoms with E-state index in [0.717, 1.165) is 5.56 Å². The van der Waals surface area contributed by atoms with E-state index in [0.29, 0.717) is 48.5 Å². The van der Waals surface area contributed by atoms with Crippen molar-refractivity contribution in [3.05, 3.63) is 74.9 Å². The Morgan fingerprint density at radius 2 is 1.97 bits per heavy atom. The van der Waals surface area contributed by atoms with Crippen molar-refractivity contribution >= 4 is 22.5 Å². The fraction of sp³-hybridized carbons (Fsp3) is 0.292. The number of nitriles is 2. The Morgan fingerprint density at radius 1 is 1.19 bits per heavy atom. The smallest absolute Gasteiger partial charge is 0.271 e. The Morgan fingerprint density at radius 3 is 2.66 bits per heavy atom. The maximum atomic E-state index is 12.9. The minimum atomic E-state index is -0.370. The lowest BCUT2D eigenvalue weighted by atomic mass is 10.0. The lowest BCUT2D eigenvalue weighted by molar-refractivity contribution is 0.181. The second-order valence-electron chi connectivity index (χ2n) is 7.88. The molecule has 0 saturated carbocycles. The van der Waals surface area contributed by atoms with Crippen molar-refractivity contribution < 1.29 is 0 Å². The van der Waals surface area contributed by atoms with Crippen LogP contribution in [0.3, 0.4) is 0 Å². The normalized spacial score (nSPS) is 16.3. The number of rotatable bonds is 3. The third-order valence-corrected chi connectivity index (χ3v) is 6.02. The van der Waals surface area contributed by atoms with Crippen molar-refractivity contribution in [2.45, 2.75) is 19.5 Å². The zero-order valence-electron chi connectivity index (χ0n) is 17.9. The number of fused-ring (bicyclic) bond motifs is 1. The second kappa shape index (κ2) is 8.51. The molecule has 3 aromatic rings. The maximum Gasteiger partial charge on any atom is 0.271 e. The molecule has 0 amide bonds. The van der Waals surface area contributed by atoms with E-state index in [1.807, 2.05) is 29.2 Å². The van der Waals surface area contributed by atoms with Crippen molar-refractivity contribution in [3.63, 3.8) is 0 Å². The number of hydrogen-bond acceptors (Lipinski definition) is 6. The molecule has 8 heteroatoms. The average Bonchev–Trinajstić information content (AvgIpc) is 2.82. The molecule has 3 heterocycles. The summed E-state index contributed by atoms with van der Waals surface area (Å²) in [5, 5.41) is 19.2. The fourth-order valence-corrected chi connectivity index (χ4v) is 4.27. The molecule has 1 aliphatic rings. The molecule has 2 aromatic heterocycles. The van der Waals surface area contributed by atoms with E-state index in [9.17, 15) is 15.3 Å². The first-order valence-electron chi connectivity index (χ1n) is 10.3. The minimum absolute atomic E-state index is 0.0464. The predicted octanol–water partition coefficient (Wildman–Crippen LogP) is 2.94. The van der Waals surface area contributed by atoms with Crippen LogP contribution in [0.15, 0.2) is 41.2 Å². The number of benzene rings is 1. The SMILES string of the molecule is [C-]#[N+]c1ccc2c(n1)c(N1CCN(Cc3ccccc3C#N)[C@H](C)C1)c(C#N)c(=O)n2C. The van der Waals surface area contributed by atoms with Crippen molar-refractivity contribution in [3.8, 4) is 12.1 Å². The first-order valence-corrected chi connectivity index (χ1v) is 10.3. The molecule has 0 radical (unpaired) electrons. The number of nitrogens with zero attached hydrogens (tertiary/aromatic N) is 7. The first kappa shape index (κ1) is 21.1. The molecule has 0 unspecified atom stereocenters. The molecule has 8 nitrogen and oxygen atoms in total. The standard InChI is InChI=1S/C24H21N7O/c1-16-14-31(11-10-30(16)15-18-7-5-4-6-17(18)12-25)23-19(13-26)24(32)29(3)20-8-9-21(27-2)28-22(20)23/h4-9,16H,10-11,14-15H2,1,3H3/t16-/m1/s1. The molecule has 1 saturated heterocycles. The van der Waals surface area contributed by atoms with E-state index >= 15 is 0 Å². The van der Waals surface area contributed by atoms with Crippen LogP contribution in [-0.2, 0) is 13.6 Å². The molecule has 1 fully saturated rings. The summed E-state index contributed by atoms with van der Waals surface area (Å²) in [6.45, 7) is 11.9. The number of anilines is 1. The zero-order chi connectivity index (χ0) is 22.8. The van der Waals surface area contributed by atoms with Crippen LogP contribution >= 0.6 is 0 Å². The molecule has 158 valence electrons. The zero-order valence-corrected chi connectivity index (χ0v) is 17.9. The van der Waals surface area contributed by atoms with Gasteiger partial charge in [0.25, 0.3) is 11.4 Å². The molecule has 0 N–H and O–H groups in total. The molecular formula is C24H21N7O. The van der Waals surface area contributed by atoms with E-state index in [-0.39, 0.29) is 23.0 Å². The minimum Gasteiger partial charge on any atom is -0.364 e. The molecule has 1 aliphatic heterocycles. The summed E-state index contributed by atoms with van der Waals surface area (Å²) in [4.78, 5) is 25.1. The van der Waals surface area contributed by atoms with Gasteiger partial charge in [-0.25, -0.2) is 0 Å². The van der Waals surface area contributed by atoms with Crippen LogP contribution in [0.5, 0.6) is 0 Å². The number of piperazine rings is 1. The quantitative estimate of drug-likeness (QED) is 0.602. The summed E-state index contributed by atoms with van der Waals surface area (Å²) in [5.41, 5.74) is 2.91. The number of aromatic nitrogens is 2. The van der Waals surface area contributed by atoms with Gasteiger partial charge in [-0.1, -0.05) is 24.8 Å². The van der Waals surface area contributed by atoms with Crippen LogP contribution in [0.2, 0.25) is 0 Å². The first-order chi connectivity index (χ1) is 15.5. The molecule has 0 aliphatic carbocycles. The number of pyridine rings is 2. The van der Waals surface area contributed by atoms with Gasteiger partial charge in [-0.15, -0.1) is 4.98 Å². The second-order valence-corrected chi connectivity index (χ2v) is 7.88. The van der Waals surface area contributed by atoms with Crippen LogP contribution in [0, 0.1) is 29.2 Å². The Labute approximate surface area is 186 Å². The Kier molecular flexibility index (Phi) is 5.60. The van der Waals surface area contributed by atoms with Gasteiger partial charge in [-0.05, 0) is 30.7 Å². The topological polar surface area (TPSA) is 93.3 Å². The highest BCUT2D eigenvalue weighted by atomic mass is 16.1. The molecular weight excluding hydrogens is 402 g/mol. The predicted molar refractivity (Wildman–Crippen MR) is 121 cm³/mol. The van der Waals surface area contributed by atoms with Gasteiger partial charge in [0.05, 0.1) is 17.1 Å². The Bertz CT molecular complexity index is 1390. The summed E-state index contributed by atoms with van der Waals surface area (Å²) < 4.78 is 1.41. The maximum absolute atomic E-state index is 12.9. The lowest BCUT2D eigenvalue weighted by Gasteiger charge is -2.41. The van der Waals surface area contributed by atoms with Gasteiger partial charge in [0.1, 0.15) is 17.3 Å². The summed E-state index contributed by atoms with van der Waals surface area (Å²) in [5.74, 6) is 0.223. The van der Waals surface area contributed by atoms with Crippen molar-refractivity contribution in [2.75, 3.05) is 24.5 Å². The highest BCUT2D eigenvalue weighted by Crippen LogP contribution is 2.31. The number of aryl methyl sites for hydroxylation is 1. The highest BCUT2D eigenvalue weighted by Gasteiger charge is 2.30. The van der Waals surface area contributed by atoms with Crippen LogP contribution < -0.4 is 10.5 Å². The van der Waals surface area contributed by atoms with E-state index in [2.05, 4.69) is 33.8 Å². The van der Waals surface area contributed by atoms with E-state index in [1.54, 1.807) is 19.2 Å². The van der Waals surface area contributed by atoms with Gasteiger partial charge in [-0.3, -0.25) is 9.69 Å². The molecule has 0 spiro atoms. The van der Waals surface area contributed by atoms with Gasteiger partial charge >= 0.3 is 0 Å². The molecule has 32 heavy (non-hydrogen) atoms. The third kappa shape index (κ3) is 3.56. The van der Waals surface area contributed by atoms with Crippen LogP contribution in [-0.4, -0.2) is 40.1 Å². The van der Waals surface area contributed by atoms with E-state index in [4.69, 9.17) is 6.57 Å².